The minimum Gasteiger partial charge on any atom is -0.312 e. The fourth-order valence-electron chi connectivity index (χ4n) is 2.42. The topological polar surface area (TPSA) is 12.0 Å². The van der Waals surface area contributed by atoms with Crippen LogP contribution < -0.4 is 5.32 Å². The third kappa shape index (κ3) is 2.76. The van der Waals surface area contributed by atoms with Crippen LogP contribution >= 0.6 is 11.3 Å². The molecule has 1 nitrogen and oxygen atoms in total. The number of hydrogen-bond acceptors (Lipinski definition) is 2. The molecule has 0 aliphatic rings. The van der Waals surface area contributed by atoms with Crippen LogP contribution in [0.2, 0.25) is 0 Å². The van der Waals surface area contributed by atoms with Gasteiger partial charge in [-0.15, -0.1) is 0 Å². The minimum atomic E-state index is 0.411. The van der Waals surface area contributed by atoms with Crippen molar-refractivity contribution in [2.45, 2.75) is 25.3 Å². The summed E-state index contributed by atoms with van der Waals surface area (Å²) in [5.74, 6) is 0.538. The molecule has 0 bridgehead atoms. The molecule has 0 saturated heterocycles. The van der Waals surface area contributed by atoms with Crippen molar-refractivity contribution in [3.05, 3.63) is 58.3 Å². The molecular formula is C15H19NS. The van der Waals surface area contributed by atoms with Gasteiger partial charge in [-0.05, 0) is 41.4 Å². The molecule has 2 unspecified atom stereocenters. The first-order chi connectivity index (χ1) is 8.36. The van der Waals surface area contributed by atoms with E-state index in [1.807, 2.05) is 7.05 Å². The largest absolute Gasteiger partial charge is 0.312 e. The van der Waals surface area contributed by atoms with Gasteiger partial charge in [-0.25, -0.2) is 0 Å². The highest BCUT2D eigenvalue weighted by atomic mass is 32.1. The second-order valence-corrected chi connectivity index (χ2v) is 5.03. The van der Waals surface area contributed by atoms with Crippen LogP contribution in [-0.2, 0) is 0 Å². The lowest BCUT2D eigenvalue weighted by Crippen LogP contribution is -2.23. The zero-order valence-electron chi connectivity index (χ0n) is 10.4. The monoisotopic (exact) mass is 245 g/mol. The molecular weight excluding hydrogens is 226 g/mol. The van der Waals surface area contributed by atoms with E-state index in [1.54, 1.807) is 11.3 Å². The minimum absolute atomic E-state index is 0.411. The molecule has 0 radical (unpaired) electrons. The Morgan fingerprint density at radius 1 is 1.12 bits per heavy atom. The van der Waals surface area contributed by atoms with Crippen LogP contribution in [0.25, 0.3) is 0 Å². The average Bonchev–Trinajstić information content (AvgIpc) is 2.90. The summed E-state index contributed by atoms with van der Waals surface area (Å²) >= 11 is 1.77. The van der Waals surface area contributed by atoms with Crippen LogP contribution in [0.3, 0.4) is 0 Å². The zero-order valence-corrected chi connectivity index (χ0v) is 11.2. The van der Waals surface area contributed by atoms with Gasteiger partial charge in [-0.3, -0.25) is 0 Å². The molecule has 1 aromatic heterocycles. The SMILES string of the molecule is CCC(c1ccccc1)C(NC)c1ccsc1. The maximum absolute atomic E-state index is 3.46. The Kier molecular flexibility index (Phi) is 4.35. The van der Waals surface area contributed by atoms with Gasteiger partial charge in [0.15, 0.2) is 0 Å². The van der Waals surface area contributed by atoms with Gasteiger partial charge in [-0.1, -0.05) is 37.3 Å². The van der Waals surface area contributed by atoms with Gasteiger partial charge < -0.3 is 5.32 Å². The van der Waals surface area contributed by atoms with E-state index in [2.05, 4.69) is 59.4 Å². The number of thiophene rings is 1. The molecule has 0 saturated carbocycles. The summed E-state index contributed by atoms with van der Waals surface area (Å²) in [6.07, 6.45) is 1.14. The summed E-state index contributed by atoms with van der Waals surface area (Å²) in [7, 11) is 2.05. The average molecular weight is 245 g/mol. The molecule has 2 atom stereocenters. The van der Waals surface area contributed by atoms with Gasteiger partial charge in [0.05, 0.1) is 0 Å². The molecule has 17 heavy (non-hydrogen) atoms. The second-order valence-electron chi connectivity index (χ2n) is 4.25. The van der Waals surface area contributed by atoms with Crippen LogP contribution in [0.5, 0.6) is 0 Å². The van der Waals surface area contributed by atoms with Crippen molar-refractivity contribution < 1.29 is 0 Å². The molecule has 0 aliphatic heterocycles. The van der Waals surface area contributed by atoms with E-state index in [0.29, 0.717) is 12.0 Å². The van der Waals surface area contributed by atoms with Crippen molar-refractivity contribution in [3.8, 4) is 0 Å². The fraction of sp³-hybridized carbons (Fsp3) is 0.333. The number of benzene rings is 1. The van der Waals surface area contributed by atoms with Crippen molar-refractivity contribution in [1.29, 1.82) is 0 Å². The Bertz CT molecular complexity index is 421. The summed E-state index contributed by atoms with van der Waals surface area (Å²) in [4.78, 5) is 0. The van der Waals surface area contributed by atoms with Gasteiger partial charge >= 0.3 is 0 Å². The Morgan fingerprint density at radius 3 is 2.41 bits per heavy atom. The van der Waals surface area contributed by atoms with E-state index in [9.17, 15) is 0 Å². The van der Waals surface area contributed by atoms with Gasteiger partial charge in [0.1, 0.15) is 0 Å². The normalized spacial score (nSPS) is 14.5. The van der Waals surface area contributed by atoms with E-state index in [4.69, 9.17) is 0 Å². The number of nitrogens with one attached hydrogen (secondary N) is 1. The molecule has 0 aliphatic carbocycles. The van der Waals surface area contributed by atoms with E-state index < -0.39 is 0 Å². The highest BCUT2D eigenvalue weighted by Gasteiger charge is 2.21. The molecule has 1 aromatic carbocycles. The first-order valence-electron chi connectivity index (χ1n) is 6.11. The van der Waals surface area contributed by atoms with Crippen molar-refractivity contribution in [1.82, 2.24) is 5.32 Å². The third-order valence-electron chi connectivity index (χ3n) is 3.28. The second kappa shape index (κ2) is 5.99. The molecule has 1 heterocycles. The van der Waals surface area contributed by atoms with Crippen LogP contribution in [0, 0.1) is 0 Å². The zero-order chi connectivity index (χ0) is 12.1. The molecule has 0 amide bonds. The predicted molar refractivity (Wildman–Crippen MR) is 75.6 cm³/mol. The fourth-order valence-corrected chi connectivity index (χ4v) is 3.11. The quantitative estimate of drug-likeness (QED) is 0.832. The lowest BCUT2D eigenvalue weighted by atomic mass is 9.86. The summed E-state index contributed by atoms with van der Waals surface area (Å²) in [6, 6.07) is 13.4. The molecule has 2 heteroatoms. The predicted octanol–water partition coefficient (Wildman–Crippen LogP) is 4.20. The number of hydrogen-bond donors (Lipinski definition) is 1. The van der Waals surface area contributed by atoms with Crippen LogP contribution in [0.4, 0.5) is 0 Å². The first-order valence-corrected chi connectivity index (χ1v) is 7.05. The number of likely N-dealkylation sites (N-methyl/N-ethyl adjacent to an activating group) is 1. The van der Waals surface area contributed by atoms with E-state index in [-0.39, 0.29) is 0 Å². The van der Waals surface area contributed by atoms with E-state index in [0.717, 1.165) is 6.42 Å². The molecule has 2 rings (SSSR count). The maximum atomic E-state index is 3.46. The van der Waals surface area contributed by atoms with Crippen LogP contribution in [0.15, 0.2) is 47.2 Å². The molecule has 0 fully saturated rings. The van der Waals surface area contributed by atoms with Gasteiger partial charge in [0.2, 0.25) is 0 Å². The van der Waals surface area contributed by atoms with E-state index >= 15 is 0 Å². The third-order valence-corrected chi connectivity index (χ3v) is 3.98. The van der Waals surface area contributed by atoms with Gasteiger partial charge in [0, 0.05) is 12.0 Å². The Labute approximate surface area is 108 Å². The maximum Gasteiger partial charge on any atom is 0.0395 e. The van der Waals surface area contributed by atoms with Crippen molar-refractivity contribution in [2.75, 3.05) is 7.05 Å². The number of rotatable bonds is 5. The lowest BCUT2D eigenvalue weighted by molar-refractivity contribution is 0.469. The van der Waals surface area contributed by atoms with Crippen LogP contribution in [0.1, 0.15) is 36.4 Å². The molecule has 1 N–H and O–H groups in total. The smallest absolute Gasteiger partial charge is 0.0395 e. The highest BCUT2D eigenvalue weighted by Crippen LogP contribution is 2.34. The standard InChI is InChI=1S/C15H19NS/c1-3-14(12-7-5-4-6-8-12)15(16-2)13-9-10-17-11-13/h4-11,14-16H,3H2,1-2H3. The van der Waals surface area contributed by atoms with Crippen LogP contribution in [-0.4, -0.2) is 7.05 Å². The summed E-state index contributed by atoms with van der Waals surface area (Å²) < 4.78 is 0. The Hall–Kier alpha value is -1.12. The molecule has 2 aromatic rings. The van der Waals surface area contributed by atoms with Gasteiger partial charge in [-0.2, -0.15) is 11.3 Å². The summed E-state index contributed by atoms with van der Waals surface area (Å²) in [6.45, 7) is 2.26. The Morgan fingerprint density at radius 2 is 1.88 bits per heavy atom. The van der Waals surface area contributed by atoms with Crippen molar-refractivity contribution in [2.24, 2.45) is 0 Å². The van der Waals surface area contributed by atoms with Crippen molar-refractivity contribution >= 4 is 11.3 Å². The molecule has 90 valence electrons. The van der Waals surface area contributed by atoms with Crippen molar-refractivity contribution in [3.63, 3.8) is 0 Å². The summed E-state index contributed by atoms with van der Waals surface area (Å²) in [5, 5.41) is 7.85. The Balaban J connectivity index is 2.28. The highest BCUT2D eigenvalue weighted by molar-refractivity contribution is 7.07. The lowest BCUT2D eigenvalue weighted by Gasteiger charge is -2.26. The van der Waals surface area contributed by atoms with E-state index in [1.165, 1.54) is 11.1 Å². The first kappa shape index (κ1) is 12.3. The summed E-state index contributed by atoms with van der Waals surface area (Å²) in [5.41, 5.74) is 2.81. The van der Waals surface area contributed by atoms with Gasteiger partial charge in [0.25, 0.3) is 0 Å². The molecule has 0 spiro atoms.